The van der Waals surface area contributed by atoms with E-state index in [1.54, 1.807) is 0 Å². The van der Waals surface area contributed by atoms with Gasteiger partial charge in [0.25, 0.3) is 0 Å². The SMILES string of the molecule is CCC(=O)N1CCCCCC1CN. The summed E-state index contributed by atoms with van der Waals surface area (Å²) in [5, 5.41) is 0. The van der Waals surface area contributed by atoms with Gasteiger partial charge in [0.05, 0.1) is 0 Å². The number of rotatable bonds is 2. The molecular formula is C10H20N2O. The summed E-state index contributed by atoms with van der Waals surface area (Å²) in [6, 6.07) is 0.301. The van der Waals surface area contributed by atoms with Gasteiger partial charge in [0, 0.05) is 25.6 Å². The van der Waals surface area contributed by atoms with E-state index in [1.165, 1.54) is 12.8 Å². The quantitative estimate of drug-likeness (QED) is 0.699. The molecule has 1 aliphatic heterocycles. The van der Waals surface area contributed by atoms with Crippen LogP contribution in [0.5, 0.6) is 0 Å². The molecule has 3 heteroatoms. The lowest BCUT2D eigenvalue weighted by Crippen LogP contribution is -2.43. The average Bonchev–Trinajstić information content (AvgIpc) is 2.41. The first kappa shape index (κ1) is 10.5. The molecule has 1 aliphatic rings. The highest BCUT2D eigenvalue weighted by atomic mass is 16.2. The Kier molecular flexibility index (Phi) is 4.22. The van der Waals surface area contributed by atoms with Crippen molar-refractivity contribution in [2.75, 3.05) is 13.1 Å². The van der Waals surface area contributed by atoms with Crippen molar-refractivity contribution in [2.45, 2.75) is 45.1 Å². The van der Waals surface area contributed by atoms with Gasteiger partial charge in [-0.15, -0.1) is 0 Å². The molecule has 0 aromatic rings. The molecular weight excluding hydrogens is 164 g/mol. The van der Waals surface area contributed by atoms with E-state index in [-0.39, 0.29) is 5.91 Å². The lowest BCUT2D eigenvalue weighted by atomic mass is 10.1. The zero-order chi connectivity index (χ0) is 9.68. The molecule has 13 heavy (non-hydrogen) atoms. The lowest BCUT2D eigenvalue weighted by Gasteiger charge is -2.28. The highest BCUT2D eigenvalue weighted by Gasteiger charge is 2.22. The number of carbonyl (C=O) groups is 1. The van der Waals surface area contributed by atoms with E-state index in [1.807, 2.05) is 11.8 Å². The number of carbonyl (C=O) groups excluding carboxylic acids is 1. The molecule has 0 bridgehead atoms. The summed E-state index contributed by atoms with van der Waals surface area (Å²) in [6.07, 6.45) is 5.29. The number of nitrogens with two attached hydrogens (primary N) is 1. The maximum Gasteiger partial charge on any atom is 0.222 e. The highest BCUT2D eigenvalue weighted by molar-refractivity contribution is 5.76. The van der Waals surface area contributed by atoms with Crippen molar-refractivity contribution >= 4 is 5.91 Å². The third-order valence-corrected chi connectivity index (χ3v) is 2.77. The van der Waals surface area contributed by atoms with E-state index in [2.05, 4.69) is 0 Å². The molecule has 1 atom stereocenters. The summed E-state index contributed by atoms with van der Waals surface area (Å²) < 4.78 is 0. The molecule has 3 nitrogen and oxygen atoms in total. The minimum Gasteiger partial charge on any atom is -0.338 e. The van der Waals surface area contributed by atoms with Crippen molar-refractivity contribution in [3.63, 3.8) is 0 Å². The third-order valence-electron chi connectivity index (χ3n) is 2.77. The second-order valence-corrected chi connectivity index (χ2v) is 3.68. The van der Waals surface area contributed by atoms with Gasteiger partial charge < -0.3 is 10.6 Å². The van der Waals surface area contributed by atoms with Gasteiger partial charge in [0.1, 0.15) is 0 Å². The fourth-order valence-corrected chi connectivity index (χ4v) is 1.95. The topological polar surface area (TPSA) is 46.3 Å². The Morgan fingerprint density at radius 1 is 1.46 bits per heavy atom. The number of nitrogens with zero attached hydrogens (tertiary/aromatic N) is 1. The van der Waals surface area contributed by atoms with Gasteiger partial charge in [0.15, 0.2) is 0 Å². The second-order valence-electron chi connectivity index (χ2n) is 3.68. The normalized spacial score (nSPS) is 24.2. The maximum atomic E-state index is 11.6. The largest absolute Gasteiger partial charge is 0.338 e. The van der Waals surface area contributed by atoms with E-state index < -0.39 is 0 Å². The van der Waals surface area contributed by atoms with E-state index in [0.29, 0.717) is 19.0 Å². The van der Waals surface area contributed by atoms with Crippen LogP contribution in [0.4, 0.5) is 0 Å². The fourth-order valence-electron chi connectivity index (χ4n) is 1.95. The molecule has 0 aliphatic carbocycles. The molecule has 1 rings (SSSR count). The van der Waals surface area contributed by atoms with Crippen LogP contribution >= 0.6 is 0 Å². The number of amides is 1. The standard InChI is InChI=1S/C10H20N2O/c1-2-10(13)12-7-5-3-4-6-9(12)8-11/h9H,2-8,11H2,1H3. The van der Waals surface area contributed by atoms with Gasteiger partial charge in [-0.1, -0.05) is 19.8 Å². The van der Waals surface area contributed by atoms with Crippen LogP contribution in [0, 0.1) is 0 Å². The summed E-state index contributed by atoms with van der Waals surface area (Å²) >= 11 is 0. The van der Waals surface area contributed by atoms with Gasteiger partial charge in [-0.2, -0.15) is 0 Å². The van der Waals surface area contributed by atoms with E-state index in [4.69, 9.17) is 5.73 Å². The predicted octanol–water partition coefficient (Wildman–Crippen LogP) is 1.13. The Bertz CT molecular complexity index is 170. The zero-order valence-corrected chi connectivity index (χ0v) is 8.46. The zero-order valence-electron chi connectivity index (χ0n) is 8.46. The van der Waals surface area contributed by atoms with E-state index >= 15 is 0 Å². The molecule has 0 aromatic heterocycles. The van der Waals surface area contributed by atoms with Crippen LogP contribution in [0.2, 0.25) is 0 Å². The second kappa shape index (κ2) is 5.22. The molecule has 1 fully saturated rings. The third kappa shape index (κ3) is 2.69. The summed E-state index contributed by atoms with van der Waals surface area (Å²) in [5.41, 5.74) is 5.66. The average molecular weight is 184 g/mol. The lowest BCUT2D eigenvalue weighted by molar-refractivity contribution is -0.132. The maximum absolute atomic E-state index is 11.6. The van der Waals surface area contributed by atoms with E-state index in [9.17, 15) is 4.79 Å². The van der Waals surface area contributed by atoms with Crippen molar-refractivity contribution in [2.24, 2.45) is 5.73 Å². The first-order chi connectivity index (χ1) is 6.29. The monoisotopic (exact) mass is 184 g/mol. The highest BCUT2D eigenvalue weighted by Crippen LogP contribution is 2.16. The van der Waals surface area contributed by atoms with Crippen LogP contribution in [-0.2, 0) is 4.79 Å². The van der Waals surface area contributed by atoms with Gasteiger partial charge >= 0.3 is 0 Å². The molecule has 1 amide bonds. The Morgan fingerprint density at radius 2 is 2.23 bits per heavy atom. The summed E-state index contributed by atoms with van der Waals surface area (Å²) in [6.45, 7) is 3.45. The fraction of sp³-hybridized carbons (Fsp3) is 0.900. The van der Waals surface area contributed by atoms with E-state index in [0.717, 1.165) is 19.4 Å². The smallest absolute Gasteiger partial charge is 0.222 e. The Labute approximate surface area is 80.3 Å². The van der Waals surface area contributed by atoms with Crippen molar-refractivity contribution in [1.29, 1.82) is 0 Å². The minimum absolute atomic E-state index is 0.261. The first-order valence-corrected chi connectivity index (χ1v) is 5.29. The summed E-state index contributed by atoms with van der Waals surface area (Å²) in [4.78, 5) is 13.5. The number of hydrogen-bond donors (Lipinski definition) is 1. The van der Waals surface area contributed by atoms with Crippen molar-refractivity contribution < 1.29 is 4.79 Å². The Morgan fingerprint density at radius 3 is 2.85 bits per heavy atom. The van der Waals surface area contributed by atoms with Crippen molar-refractivity contribution in [1.82, 2.24) is 4.90 Å². The first-order valence-electron chi connectivity index (χ1n) is 5.29. The predicted molar refractivity (Wildman–Crippen MR) is 53.3 cm³/mol. The van der Waals surface area contributed by atoms with Crippen molar-refractivity contribution in [3.8, 4) is 0 Å². The van der Waals surface area contributed by atoms with Crippen LogP contribution < -0.4 is 5.73 Å². The van der Waals surface area contributed by atoms with Crippen molar-refractivity contribution in [3.05, 3.63) is 0 Å². The van der Waals surface area contributed by atoms with Crippen LogP contribution in [0.1, 0.15) is 39.0 Å². The minimum atomic E-state index is 0.261. The summed E-state index contributed by atoms with van der Waals surface area (Å²) in [7, 11) is 0. The Hall–Kier alpha value is -0.570. The molecule has 1 heterocycles. The van der Waals surface area contributed by atoms with Crippen LogP contribution in [0.25, 0.3) is 0 Å². The van der Waals surface area contributed by atoms with Gasteiger partial charge in [-0.05, 0) is 12.8 Å². The van der Waals surface area contributed by atoms with Gasteiger partial charge in [-0.25, -0.2) is 0 Å². The van der Waals surface area contributed by atoms with Gasteiger partial charge in [-0.3, -0.25) is 4.79 Å². The molecule has 0 radical (unpaired) electrons. The molecule has 0 saturated carbocycles. The molecule has 2 N–H and O–H groups in total. The summed E-state index contributed by atoms with van der Waals surface area (Å²) in [5.74, 6) is 0.261. The molecule has 1 unspecified atom stereocenters. The molecule has 76 valence electrons. The van der Waals surface area contributed by atoms with Crippen LogP contribution in [0.15, 0.2) is 0 Å². The van der Waals surface area contributed by atoms with Gasteiger partial charge in [0.2, 0.25) is 5.91 Å². The number of likely N-dealkylation sites (tertiary alicyclic amines) is 1. The van der Waals surface area contributed by atoms with Crippen LogP contribution in [-0.4, -0.2) is 29.9 Å². The molecule has 0 spiro atoms. The Balaban J connectivity index is 2.58. The molecule has 0 aromatic carbocycles. The molecule has 1 saturated heterocycles. The van der Waals surface area contributed by atoms with Crippen LogP contribution in [0.3, 0.4) is 0 Å². The number of hydrogen-bond acceptors (Lipinski definition) is 2.